The van der Waals surface area contributed by atoms with Crippen LogP contribution in [-0.4, -0.2) is 42.0 Å². The summed E-state index contributed by atoms with van der Waals surface area (Å²) < 4.78 is 40.8. The smallest absolute Gasteiger partial charge is 0.243 e. The average molecular weight is 394 g/mol. The van der Waals surface area contributed by atoms with E-state index in [0.717, 1.165) is 42.1 Å². The van der Waals surface area contributed by atoms with E-state index in [-0.39, 0.29) is 17.5 Å². The van der Waals surface area contributed by atoms with Gasteiger partial charge in [-0.15, -0.1) is 0 Å². The number of hydrogen-bond acceptors (Lipinski definition) is 4. The Morgan fingerprint density at radius 1 is 1.22 bits per heavy atom. The van der Waals surface area contributed by atoms with Crippen molar-refractivity contribution in [3.8, 4) is 0 Å². The highest BCUT2D eigenvalue weighted by atomic mass is 32.2. The molecule has 7 nitrogen and oxygen atoms in total. The van der Waals surface area contributed by atoms with Gasteiger partial charge in [0.25, 0.3) is 0 Å². The molecule has 3 rings (SSSR count). The number of sulfonamides is 1. The van der Waals surface area contributed by atoms with Gasteiger partial charge in [0.1, 0.15) is 11.6 Å². The maximum absolute atomic E-state index is 13.0. The molecule has 9 heteroatoms. The molecule has 1 amide bonds. The lowest BCUT2D eigenvalue weighted by molar-refractivity contribution is -0.116. The van der Waals surface area contributed by atoms with Crippen molar-refractivity contribution in [2.45, 2.75) is 43.0 Å². The summed E-state index contributed by atoms with van der Waals surface area (Å²) in [6.45, 7) is -0.352. The van der Waals surface area contributed by atoms with E-state index in [1.807, 2.05) is 4.68 Å². The molecular weight excluding hydrogens is 371 g/mol. The Labute approximate surface area is 158 Å². The van der Waals surface area contributed by atoms with Crippen molar-refractivity contribution in [3.05, 3.63) is 42.3 Å². The fourth-order valence-corrected chi connectivity index (χ4v) is 4.41. The third-order valence-electron chi connectivity index (χ3n) is 4.75. The third kappa shape index (κ3) is 4.54. The highest BCUT2D eigenvalue weighted by Crippen LogP contribution is 2.29. The van der Waals surface area contributed by atoms with Crippen LogP contribution in [0.1, 0.15) is 38.1 Å². The van der Waals surface area contributed by atoms with Gasteiger partial charge in [0.2, 0.25) is 15.9 Å². The molecule has 0 unspecified atom stereocenters. The summed E-state index contributed by atoms with van der Waals surface area (Å²) in [5, 5.41) is 7.06. The molecule has 146 valence electrons. The van der Waals surface area contributed by atoms with E-state index in [2.05, 4.69) is 10.4 Å². The van der Waals surface area contributed by atoms with Crippen LogP contribution >= 0.6 is 0 Å². The lowest BCUT2D eigenvalue weighted by Gasteiger charge is -2.24. The molecular formula is C18H23FN4O3S. The number of nitrogens with zero attached hydrogens (tertiary/aromatic N) is 3. The van der Waals surface area contributed by atoms with Gasteiger partial charge >= 0.3 is 0 Å². The van der Waals surface area contributed by atoms with Crippen molar-refractivity contribution in [3.63, 3.8) is 0 Å². The van der Waals surface area contributed by atoms with Gasteiger partial charge in [-0.1, -0.05) is 19.3 Å². The summed E-state index contributed by atoms with van der Waals surface area (Å²) in [4.78, 5) is 12.3. The predicted octanol–water partition coefficient (Wildman–Crippen LogP) is 2.79. The molecule has 1 aliphatic rings. The topological polar surface area (TPSA) is 84.3 Å². The van der Waals surface area contributed by atoms with Crippen LogP contribution in [0.5, 0.6) is 0 Å². The second kappa shape index (κ2) is 8.18. The van der Waals surface area contributed by atoms with Crippen LogP contribution in [-0.2, 0) is 14.8 Å². The number of carbonyl (C=O) groups is 1. The zero-order valence-electron chi connectivity index (χ0n) is 15.1. The fraction of sp³-hybridized carbons (Fsp3) is 0.444. The zero-order valence-corrected chi connectivity index (χ0v) is 16.0. The summed E-state index contributed by atoms with van der Waals surface area (Å²) in [6.07, 6.45) is 7.15. The third-order valence-corrected chi connectivity index (χ3v) is 6.56. The normalized spacial score (nSPS) is 15.8. The molecule has 0 spiro atoms. The first-order valence-electron chi connectivity index (χ1n) is 8.93. The van der Waals surface area contributed by atoms with Crippen LogP contribution in [0.4, 0.5) is 10.2 Å². The molecule has 1 N–H and O–H groups in total. The first-order valence-corrected chi connectivity index (χ1v) is 10.4. The first-order chi connectivity index (χ1) is 12.9. The van der Waals surface area contributed by atoms with E-state index >= 15 is 0 Å². The van der Waals surface area contributed by atoms with Gasteiger partial charge in [0.15, 0.2) is 0 Å². The number of amides is 1. The van der Waals surface area contributed by atoms with E-state index < -0.39 is 21.7 Å². The van der Waals surface area contributed by atoms with Crippen LogP contribution in [0.2, 0.25) is 0 Å². The van der Waals surface area contributed by atoms with E-state index in [9.17, 15) is 17.6 Å². The molecule has 27 heavy (non-hydrogen) atoms. The summed E-state index contributed by atoms with van der Waals surface area (Å²) >= 11 is 0. The van der Waals surface area contributed by atoms with Crippen LogP contribution < -0.4 is 5.32 Å². The number of carbonyl (C=O) groups excluding carboxylic acids is 1. The Morgan fingerprint density at radius 2 is 1.89 bits per heavy atom. The minimum Gasteiger partial charge on any atom is -0.310 e. The molecule has 1 fully saturated rings. The van der Waals surface area contributed by atoms with Crippen LogP contribution in [0, 0.1) is 5.82 Å². The minimum absolute atomic E-state index is 0.0635. The second-order valence-corrected chi connectivity index (χ2v) is 8.76. The highest BCUT2D eigenvalue weighted by molar-refractivity contribution is 7.89. The van der Waals surface area contributed by atoms with E-state index in [0.29, 0.717) is 5.82 Å². The summed E-state index contributed by atoms with van der Waals surface area (Å²) in [5.41, 5.74) is 0. The van der Waals surface area contributed by atoms with Crippen molar-refractivity contribution >= 4 is 21.7 Å². The Balaban J connectivity index is 1.65. The number of aromatic nitrogens is 2. The van der Waals surface area contributed by atoms with Crippen molar-refractivity contribution < 1.29 is 17.6 Å². The van der Waals surface area contributed by atoms with Gasteiger partial charge in [-0.05, 0) is 37.1 Å². The molecule has 0 saturated heterocycles. The summed E-state index contributed by atoms with van der Waals surface area (Å²) in [6, 6.07) is 6.47. The van der Waals surface area contributed by atoms with Crippen molar-refractivity contribution in [2.24, 2.45) is 0 Å². The van der Waals surface area contributed by atoms with Gasteiger partial charge in [0.05, 0.1) is 23.7 Å². The second-order valence-electron chi connectivity index (χ2n) is 6.72. The zero-order chi connectivity index (χ0) is 19.4. The van der Waals surface area contributed by atoms with Gasteiger partial charge < -0.3 is 5.32 Å². The van der Waals surface area contributed by atoms with E-state index in [4.69, 9.17) is 0 Å². The van der Waals surface area contributed by atoms with Gasteiger partial charge in [-0.2, -0.15) is 9.40 Å². The SMILES string of the molecule is CN(CC(=O)Nc1ccnn1C1CCCCC1)S(=O)(=O)c1ccc(F)cc1. The Bertz CT molecular complexity index is 890. The number of hydrogen-bond donors (Lipinski definition) is 1. The van der Waals surface area contributed by atoms with E-state index in [1.54, 1.807) is 12.3 Å². The molecule has 1 heterocycles. The fourth-order valence-electron chi connectivity index (χ4n) is 3.29. The number of likely N-dealkylation sites (N-methyl/N-ethyl adjacent to an activating group) is 1. The molecule has 0 atom stereocenters. The van der Waals surface area contributed by atoms with Gasteiger partial charge in [-0.3, -0.25) is 4.79 Å². The first kappa shape index (κ1) is 19.5. The summed E-state index contributed by atoms with van der Waals surface area (Å²) in [5.74, 6) is -0.412. The molecule has 1 aromatic carbocycles. The Morgan fingerprint density at radius 3 is 2.56 bits per heavy atom. The van der Waals surface area contributed by atoms with Crippen LogP contribution in [0.25, 0.3) is 0 Å². The van der Waals surface area contributed by atoms with Crippen LogP contribution in [0.15, 0.2) is 41.4 Å². The number of nitrogens with one attached hydrogen (secondary N) is 1. The number of benzene rings is 1. The number of anilines is 1. The molecule has 0 radical (unpaired) electrons. The van der Waals surface area contributed by atoms with Crippen LogP contribution in [0.3, 0.4) is 0 Å². The summed E-state index contributed by atoms with van der Waals surface area (Å²) in [7, 11) is -2.56. The van der Waals surface area contributed by atoms with Crippen molar-refractivity contribution in [1.82, 2.24) is 14.1 Å². The molecule has 1 aliphatic carbocycles. The molecule has 0 aliphatic heterocycles. The number of halogens is 1. The number of rotatable bonds is 6. The standard InChI is InChI=1S/C18H23FN4O3S/c1-22(27(25,26)16-9-7-14(19)8-10-16)13-18(24)21-17-11-12-20-23(17)15-5-3-2-4-6-15/h7-12,15H,2-6,13H2,1H3,(H,21,24). The molecule has 0 bridgehead atoms. The Kier molecular flexibility index (Phi) is 5.91. The lowest BCUT2D eigenvalue weighted by atomic mass is 9.96. The lowest BCUT2D eigenvalue weighted by Crippen LogP contribution is -2.35. The highest BCUT2D eigenvalue weighted by Gasteiger charge is 2.24. The van der Waals surface area contributed by atoms with Crippen molar-refractivity contribution in [2.75, 3.05) is 18.9 Å². The molecule has 1 saturated carbocycles. The maximum atomic E-state index is 13.0. The Hall–Kier alpha value is -2.26. The van der Waals surface area contributed by atoms with E-state index in [1.165, 1.54) is 25.6 Å². The largest absolute Gasteiger partial charge is 0.310 e. The minimum atomic E-state index is -3.88. The average Bonchev–Trinajstić information content (AvgIpc) is 3.10. The van der Waals surface area contributed by atoms with Gasteiger partial charge in [0, 0.05) is 13.1 Å². The molecule has 2 aromatic rings. The van der Waals surface area contributed by atoms with Crippen molar-refractivity contribution in [1.29, 1.82) is 0 Å². The maximum Gasteiger partial charge on any atom is 0.243 e. The quantitative estimate of drug-likeness (QED) is 0.817. The predicted molar refractivity (Wildman–Crippen MR) is 99.2 cm³/mol. The monoisotopic (exact) mass is 394 g/mol. The van der Waals surface area contributed by atoms with Gasteiger partial charge in [-0.25, -0.2) is 17.5 Å². The molecule has 1 aromatic heterocycles.